The Morgan fingerprint density at radius 2 is 1.95 bits per heavy atom. The van der Waals surface area contributed by atoms with Crippen molar-refractivity contribution in [2.45, 2.75) is 40.2 Å². The van der Waals surface area contributed by atoms with Crippen LogP contribution in [0.4, 0.5) is 5.13 Å². The summed E-state index contributed by atoms with van der Waals surface area (Å²) in [4.78, 5) is 37.1. The number of Topliss-reactive ketones (excluding diaryl/α,β-unsaturated/α-hetero) is 1. The average molecular weight is 533 g/mol. The van der Waals surface area contributed by atoms with Crippen LogP contribution in [0.2, 0.25) is 0 Å². The van der Waals surface area contributed by atoms with Gasteiger partial charge >= 0.3 is 5.91 Å². The van der Waals surface area contributed by atoms with Gasteiger partial charge in [-0.25, -0.2) is 9.97 Å². The molecule has 0 bridgehead atoms. The van der Waals surface area contributed by atoms with Crippen LogP contribution < -0.4 is 14.4 Å². The van der Waals surface area contributed by atoms with Crippen LogP contribution in [0.1, 0.15) is 48.8 Å². The van der Waals surface area contributed by atoms with E-state index in [-0.39, 0.29) is 17.0 Å². The van der Waals surface area contributed by atoms with Crippen LogP contribution in [0.25, 0.3) is 11.4 Å². The van der Waals surface area contributed by atoms with Crippen LogP contribution >= 0.6 is 11.3 Å². The molecule has 3 aromatic heterocycles. The number of pyridine rings is 1. The fourth-order valence-electron chi connectivity index (χ4n) is 4.65. The van der Waals surface area contributed by atoms with E-state index in [9.17, 15) is 14.7 Å². The van der Waals surface area contributed by atoms with E-state index in [4.69, 9.17) is 9.47 Å². The summed E-state index contributed by atoms with van der Waals surface area (Å²) in [6.07, 6.45) is 4.24. The third-order valence-corrected chi connectivity index (χ3v) is 7.19. The quantitative estimate of drug-likeness (QED) is 0.188. The molecule has 0 spiro atoms. The molecule has 1 saturated heterocycles. The Hall–Kier alpha value is -4.18. The summed E-state index contributed by atoms with van der Waals surface area (Å²) < 4.78 is 13.5. The molecule has 4 heterocycles. The highest BCUT2D eigenvalue weighted by atomic mass is 32.1. The molecule has 0 radical (unpaired) electrons. The molecule has 1 aliphatic heterocycles. The molecule has 38 heavy (non-hydrogen) atoms. The predicted molar refractivity (Wildman–Crippen MR) is 145 cm³/mol. The molecule has 10 heteroatoms. The second-order valence-electron chi connectivity index (χ2n) is 8.90. The minimum atomic E-state index is -0.939. The molecule has 1 atom stereocenters. The van der Waals surface area contributed by atoms with Gasteiger partial charge in [-0.1, -0.05) is 19.1 Å². The molecule has 196 valence electrons. The van der Waals surface area contributed by atoms with E-state index in [0.717, 1.165) is 12.0 Å². The summed E-state index contributed by atoms with van der Waals surface area (Å²) in [7, 11) is 0. The number of aliphatic hydroxyl groups is 1. The van der Waals surface area contributed by atoms with Crippen LogP contribution in [-0.4, -0.2) is 44.4 Å². The first kappa shape index (κ1) is 25.5. The highest BCUT2D eigenvalue weighted by molar-refractivity contribution is 7.14. The van der Waals surface area contributed by atoms with Crippen LogP contribution in [0.15, 0.2) is 53.7 Å². The molecular weight excluding hydrogens is 504 g/mol. The molecular formula is C28H28N4O5S. The number of anilines is 1. The SMILES string of the molecule is CCCOc1ccc(C2/C(=C(\O)c3nc4c(C)cccn4c3C)C(=O)C(=O)N2c2nccs2)cc1OCC. The van der Waals surface area contributed by atoms with Crippen molar-refractivity contribution in [3.63, 3.8) is 0 Å². The minimum absolute atomic E-state index is 0.0564. The van der Waals surface area contributed by atoms with E-state index in [0.29, 0.717) is 46.7 Å². The zero-order valence-corrected chi connectivity index (χ0v) is 22.4. The lowest BCUT2D eigenvalue weighted by molar-refractivity contribution is -0.132. The molecule has 0 saturated carbocycles. The van der Waals surface area contributed by atoms with E-state index in [1.54, 1.807) is 29.8 Å². The molecule has 4 aromatic rings. The minimum Gasteiger partial charge on any atom is -0.505 e. The smallest absolute Gasteiger partial charge is 0.301 e. The number of carbonyl (C=O) groups excluding carboxylic acids is 2. The zero-order valence-electron chi connectivity index (χ0n) is 21.6. The number of carbonyl (C=O) groups is 2. The van der Waals surface area contributed by atoms with Crippen molar-refractivity contribution in [3.05, 3.63) is 76.2 Å². The van der Waals surface area contributed by atoms with E-state index < -0.39 is 17.7 Å². The van der Waals surface area contributed by atoms with Gasteiger partial charge in [-0.3, -0.25) is 14.5 Å². The lowest BCUT2D eigenvalue weighted by atomic mass is 9.96. The molecule has 1 amide bonds. The van der Waals surface area contributed by atoms with E-state index in [1.165, 1.54) is 16.2 Å². The van der Waals surface area contributed by atoms with Crippen molar-refractivity contribution in [2.75, 3.05) is 18.1 Å². The zero-order chi connectivity index (χ0) is 27.0. The van der Waals surface area contributed by atoms with E-state index in [1.807, 2.05) is 50.4 Å². The number of aryl methyl sites for hydroxylation is 2. The number of thiazole rings is 1. The topological polar surface area (TPSA) is 106 Å². The molecule has 1 aliphatic rings. The first-order valence-electron chi connectivity index (χ1n) is 12.4. The Balaban J connectivity index is 1.73. The third-order valence-electron chi connectivity index (χ3n) is 6.42. The van der Waals surface area contributed by atoms with Crippen molar-refractivity contribution in [1.29, 1.82) is 0 Å². The Morgan fingerprint density at radius 1 is 1.13 bits per heavy atom. The first-order chi connectivity index (χ1) is 18.4. The molecule has 9 nitrogen and oxygen atoms in total. The van der Waals surface area contributed by atoms with Gasteiger partial charge in [-0.15, -0.1) is 11.3 Å². The molecule has 0 aliphatic carbocycles. The Kier molecular flexibility index (Phi) is 6.90. The number of nitrogens with zero attached hydrogens (tertiary/aromatic N) is 4. The summed E-state index contributed by atoms with van der Waals surface area (Å²) in [5.74, 6) is -0.858. The first-order valence-corrected chi connectivity index (χ1v) is 13.3. The highest BCUT2D eigenvalue weighted by Crippen LogP contribution is 2.45. The normalized spacial score (nSPS) is 16.9. The van der Waals surface area contributed by atoms with Gasteiger partial charge in [0.1, 0.15) is 11.3 Å². The second-order valence-corrected chi connectivity index (χ2v) is 9.78. The number of rotatable bonds is 8. The Bertz CT molecular complexity index is 1560. The van der Waals surface area contributed by atoms with E-state index in [2.05, 4.69) is 9.97 Å². The monoisotopic (exact) mass is 532 g/mol. The number of ketones is 1. The van der Waals surface area contributed by atoms with Gasteiger partial charge in [0, 0.05) is 17.8 Å². The number of benzene rings is 1. The summed E-state index contributed by atoms with van der Waals surface area (Å²) >= 11 is 1.23. The van der Waals surface area contributed by atoms with Crippen molar-refractivity contribution in [2.24, 2.45) is 0 Å². The number of aliphatic hydroxyl groups excluding tert-OH is 1. The largest absolute Gasteiger partial charge is 0.505 e. The van der Waals surface area contributed by atoms with Crippen molar-refractivity contribution >= 4 is 39.6 Å². The highest BCUT2D eigenvalue weighted by Gasteiger charge is 2.48. The molecule has 1 N–H and O–H groups in total. The van der Waals surface area contributed by atoms with Gasteiger partial charge in [-0.05, 0) is 56.5 Å². The van der Waals surface area contributed by atoms with Crippen molar-refractivity contribution in [3.8, 4) is 11.5 Å². The lowest BCUT2D eigenvalue weighted by Gasteiger charge is -2.24. The maximum Gasteiger partial charge on any atom is 0.301 e. The predicted octanol–water partition coefficient (Wildman–Crippen LogP) is 5.22. The van der Waals surface area contributed by atoms with Gasteiger partial charge in [0.2, 0.25) is 0 Å². The Morgan fingerprint density at radius 3 is 2.63 bits per heavy atom. The number of aromatic nitrogens is 3. The third kappa shape index (κ3) is 4.20. The van der Waals surface area contributed by atoms with Gasteiger partial charge in [0.25, 0.3) is 5.78 Å². The number of hydrogen-bond donors (Lipinski definition) is 1. The summed E-state index contributed by atoms with van der Waals surface area (Å²) in [6, 6.07) is 8.16. The summed E-state index contributed by atoms with van der Waals surface area (Å²) in [6.45, 7) is 8.53. The fourth-order valence-corrected chi connectivity index (χ4v) is 5.32. The molecule has 5 rings (SSSR count). The molecule has 1 unspecified atom stereocenters. The second kappa shape index (κ2) is 10.3. The molecule has 1 aromatic carbocycles. The lowest BCUT2D eigenvalue weighted by Crippen LogP contribution is -2.29. The van der Waals surface area contributed by atoms with Gasteiger partial charge < -0.3 is 19.0 Å². The summed E-state index contributed by atoms with van der Waals surface area (Å²) in [5.41, 5.74) is 2.99. The summed E-state index contributed by atoms with van der Waals surface area (Å²) in [5, 5.41) is 13.7. The van der Waals surface area contributed by atoms with Crippen LogP contribution in [0.3, 0.4) is 0 Å². The van der Waals surface area contributed by atoms with Crippen molar-refractivity contribution in [1.82, 2.24) is 14.4 Å². The van der Waals surface area contributed by atoms with Crippen LogP contribution in [0.5, 0.6) is 11.5 Å². The van der Waals surface area contributed by atoms with Gasteiger partial charge in [-0.2, -0.15) is 0 Å². The Labute approximate surface area is 224 Å². The standard InChI is InChI=1S/C28H28N4O5S/c1-5-13-37-19-10-9-18(15-20(19)36-6-2)23-21(25(34)27(35)32(23)28-29-11-14-38-28)24(33)22-17(4)31-12-7-8-16(3)26(31)30-22/h7-12,14-15,23,33H,5-6,13H2,1-4H3/b24-21+. The maximum atomic E-state index is 13.5. The maximum absolute atomic E-state index is 13.5. The number of amides is 1. The number of ether oxygens (including phenoxy) is 2. The average Bonchev–Trinajstić information content (AvgIpc) is 3.62. The van der Waals surface area contributed by atoms with Gasteiger partial charge in [0.05, 0.1) is 30.5 Å². The fraction of sp³-hybridized carbons (Fsp3) is 0.286. The number of fused-ring (bicyclic) bond motifs is 1. The number of hydrogen-bond acceptors (Lipinski definition) is 8. The van der Waals surface area contributed by atoms with Crippen LogP contribution in [0, 0.1) is 13.8 Å². The van der Waals surface area contributed by atoms with Gasteiger partial charge in [0.15, 0.2) is 22.4 Å². The number of imidazole rings is 1. The van der Waals surface area contributed by atoms with E-state index >= 15 is 0 Å². The molecule has 1 fully saturated rings. The van der Waals surface area contributed by atoms with Crippen molar-refractivity contribution < 1.29 is 24.2 Å². The van der Waals surface area contributed by atoms with Crippen LogP contribution in [-0.2, 0) is 9.59 Å².